The van der Waals surface area contributed by atoms with Crippen LogP contribution in [0.4, 0.5) is 4.79 Å². The zero-order chi connectivity index (χ0) is 31.4. The number of aliphatic hydroxyl groups is 1. The van der Waals surface area contributed by atoms with Gasteiger partial charge in [0.05, 0.1) is 18.8 Å². The number of nitrogens with one attached hydrogen (secondary N) is 1. The molecule has 3 aromatic carbocycles. The van der Waals surface area contributed by atoms with Crippen molar-refractivity contribution in [3.63, 3.8) is 0 Å². The smallest absolute Gasteiger partial charge is 0.407 e. The predicted octanol–water partition coefficient (Wildman–Crippen LogP) is 6.37. The van der Waals surface area contributed by atoms with E-state index in [1.807, 2.05) is 79.0 Å². The molecule has 1 aliphatic heterocycles. The largest absolute Gasteiger partial charge is 0.445 e. The van der Waals surface area contributed by atoms with E-state index in [-0.39, 0.29) is 25.4 Å². The summed E-state index contributed by atoms with van der Waals surface area (Å²) in [6, 6.07) is 30.1. The molecule has 1 amide bonds. The van der Waals surface area contributed by atoms with E-state index in [9.17, 15) is 9.90 Å². The molecule has 5 rings (SSSR count). The van der Waals surface area contributed by atoms with Crippen molar-refractivity contribution in [2.24, 2.45) is 0 Å². The minimum absolute atomic E-state index is 0.00612. The number of pyridine rings is 1. The Bertz CT molecular complexity index is 1510. The van der Waals surface area contributed by atoms with Gasteiger partial charge in [0.1, 0.15) is 6.61 Å². The van der Waals surface area contributed by atoms with Crippen LogP contribution in [-0.2, 0) is 33.8 Å². The van der Waals surface area contributed by atoms with Crippen LogP contribution in [0.25, 0.3) is 11.1 Å². The molecule has 0 bridgehead atoms. The Morgan fingerprint density at radius 1 is 1.02 bits per heavy atom. The van der Waals surface area contributed by atoms with Crippen LogP contribution in [-0.4, -0.2) is 53.9 Å². The first-order valence-corrected chi connectivity index (χ1v) is 15.3. The summed E-state index contributed by atoms with van der Waals surface area (Å²) in [5.74, 6) is 0. The van der Waals surface area contributed by atoms with Crippen molar-refractivity contribution in [2.75, 3.05) is 26.7 Å². The Kier molecular flexibility index (Phi) is 11.5. The molecule has 0 spiro atoms. The second kappa shape index (κ2) is 16.1. The fraction of sp³-hybridized carbons (Fsp3) is 0.297. The van der Waals surface area contributed by atoms with Gasteiger partial charge in [0, 0.05) is 49.9 Å². The van der Waals surface area contributed by atoms with Crippen LogP contribution in [0.15, 0.2) is 110 Å². The Balaban J connectivity index is 1.30. The zero-order valence-corrected chi connectivity index (χ0v) is 25.7. The number of amides is 1. The number of nitrogens with zero attached hydrogens (tertiary/aromatic N) is 2. The fourth-order valence-corrected chi connectivity index (χ4v) is 5.45. The van der Waals surface area contributed by atoms with Crippen molar-refractivity contribution in [3.8, 4) is 11.1 Å². The summed E-state index contributed by atoms with van der Waals surface area (Å²) < 4.78 is 18.2. The van der Waals surface area contributed by atoms with Crippen LogP contribution >= 0.6 is 0 Å². The van der Waals surface area contributed by atoms with E-state index >= 15 is 0 Å². The number of benzene rings is 3. The molecule has 3 atom stereocenters. The Hall–Kier alpha value is -4.34. The third kappa shape index (κ3) is 9.09. The number of carbonyl (C=O) groups excluding carboxylic acids is 1. The second-order valence-electron chi connectivity index (χ2n) is 11.2. The van der Waals surface area contributed by atoms with E-state index < -0.39 is 12.4 Å². The SMILES string of the molecule is C=CCOC(=O)NCc1ccccc1-c1ccc([C@@H]2O[C@H](CN(C)CCc3ccccn3)C[C@H](c3ccc(CO)cc3)O2)cc1. The van der Waals surface area contributed by atoms with E-state index in [1.54, 1.807) is 0 Å². The highest BCUT2D eigenvalue weighted by molar-refractivity contribution is 5.70. The van der Waals surface area contributed by atoms with E-state index in [0.717, 1.165) is 65.0 Å². The van der Waals surface area contributed by atoms with Gasteiger partial charge in [-0.05, 0) is 47.0 Å². The molecule has 2 N–H and O–H groups in total. The number of aromatic nitrogens is 1. The van der Waals surface area contributed by atoms with Gasteiger partial charge < -0.3 is 29.5 Å². The number of carbonyl (C=O) groups is 1. The predicted molar refractivity (Wildman–Crippen MR) is 174 cm³/mol. The van der Waals surface area contributed by atoms with Crippen molar-refractivity contribution in [1.29, 1.82) is 0 Å². The topological polar surface area (TPSA) is 93.2 Å². The maximum Gasteiger partial charge on any atom is 0.407 e. The van der Waals surface area contributed by atoms with E-state index in [0.29, 0.717) is 6.54 Å². The van der Waals surface area contributed by atoms with Crippen molar-refractivity contribution >= 4 is 6.09 Å². The van der Waals surface area contributed by atoms with Gasteiger partial charge in [-0.25, -0.2) is 4.79 Å². The summed E-state index contributed by atoms with van der Waals surface area (Å²) >= 11 is 0. The molecule has 4 aromatic rings. The monoisotopic (exact) mass is 607 g/mol. The van der Waals surface area contributed by atoms with Crippen LogP contribution in [0.5, 0.6) is 0 Å². The molecule has 0 aliphatic carbocycles. The van der Waals surface area contributed by atoms with E-state index in [4.69, 9.17) is 14.2 Å². The van der Waals surface area contributed by atoms with Gasteiger partial charge in [-0.15, -0.1) is 0 Å². The molecule has 8 nitrogen and oxygen atoms in total. The third-order valence-corrected chi connectivity index (χ3v) is 7.87. The number of hydrogen-bond acceptors (Lipinski definition) is 7. The first-order valence-electron chi connectivity index (χ1n) is 15.3. The number of ether oxygens (including phenoxy) is 3. The van der Waals surface area contributed by atoms with Crippen molar-refractivity contribution in [1.82, 2.24) is 15.2 Å². The molecule has 1 saturated heterocycles. The summed E-state index contributed by atoms with van der Waals surface area (Å²) in [6.07, 6.45) is 3.72. The maximum absolute atomic E-state index is 12.0. The fourth-order valence-electron chi connectivity index (χ4n) is 5.45. The molecule has 45 heavy (non-hydrogen) atoms. The van der Waals surface area contributed by atoms with Gasteiger partial charge in [-0.2, -0.15) is 0 Å². The molecular formula is C37H41N3O5. The summed E-state index contributed by atoms with van der Waals surface area (Å²) in [6.45, 7) is 5.71. The van der Waals surface area contributed by atoms with Gasteiger partial charge in [0.25, 0.3) is 0 Å². The highest BCUT2D eigenvalue weighted by Gasteiger charge is 2.32. The molecule has 1 aliphatic rings. The normalized spacial score (nSPS) is 18.0. The summed E-state index contributed by atoms with van der Waals surface area (Å²) in [7, 11) is 2.11. The quantitative estimate of drug-likeness (QED) is 0.171. The first kappa shape index (κ1) is 32.1. The molecule has 0 radical (unpaired) electrons. The van der Waals surface area contributed by atoms with Crippen LogP contribution in [0.2, 0.25) is 0 Å². The van der Waals surface area contributed by atoms with Crippen molar-refractivity contribution in [2.45, 2.75) is 44.5 Å². The lowest BCUT2D eigenvalue weighted by atomic mass is 9.97. The first-order chi connectivity index (χ1) is 22.0. The van der Waals surface area contributed by atoms with Gasteiger partial charge >= 0.3 is 6.09 Å². The van der Waals surface area contributed by atoms with Gasteiger partial charge in [0.15, 0.2) is 6.29 Å². The minimum atomic E-state index is -0.541. The van der Waals surface area contributed by atoms with Gasteiger partial charge in [-0.1, -0.05) is 91.5 Å². The van der Waals surface area contributed by atoms with Gasteiger partial charge in [0.2, 0.25) is 0 Å². The van der Waals surface area contributed by atoms with Crippen LogP contribution < -0.4 is 5.32 Å². The number of alkyl carbamates (subject to hydrolysis) is 1. The Labute approximate surface area is 265 Å². The van der Waals surface area contributed by atoms with E-state index in [2.05, 4.69) is 47.0 Å². The zero-order valence-electron chi connectivity index (χ0n) is 25.7. The molecule has 8 heteroatoms. The molecule has 2 heterocycles. The highest BCUT2D eigenvalue weighted by Crippen LogP contribution is 2.38. The third-order valence-electron chi connectivity index (χ3n) is 7.87. The average molecular weight is 608 g/mol. The van der Waals surface area contributed by atoms with Gasteiger partial charge in [-0.3, -0.25) is 4.98 Å². The maximum atomic E-state index is 12.0. The Morgan fingerprint density at radius 3 is 2.51 bits per heavy atom. The Morgan fingerprint density at radius 2 is 1.78 bits per heavy atom. The van der Waals surface area contributed by atoms with Crippen LogP contribution in [0.3, 0.4) is 0 Å². The van der Waals surface area contributed by atoms with E-state index in [1.165, 1.54) is 6.08 Å². The van der Waals surface area contributed by atoms with Crippen molar-refractivity contribution < 1.29 is 24.1 Å². The molecular weight excluding hydrogens is 566 g/mol. The second-order valence-corrected chi connectivity index (χ2v) is 11.2. The lowest BCUT2D eigenvalue weighted by Gasteiger charge is -2.38. The summed E-state index contributed by atoms with van der Waals surface area (Å²) in [5, 5.41) is 12.3. The molecule has 0 saturated carbocycles. The van der Waals surface area contributed by atoms with Crippen LogP contribution in [0, 0.1) is 0 Å². The minimum Gasteiger partial charge on any atom is -0.445 e. The number of likely N-dealkylation sites (N-methyl/N-ethyl adjacent to an activating group) is 1. The average Bonchev–Trinajstić information content (AvgIpc) is 3.09. The molecule has 1 fully saturated rings. The van der Waals surface area contributed by atoms with Crippen LogP contribution in [0.1, 0.15) is 46.8 Å². The highest BCUT2D eigenvalue weighted by atomic mass is 16.7. The van der Waals surface area contributed by atoms with Crippen molar-refractivity contribution in [3.05, 3.63) is 138 Å². The number of aliphatic hydroxyl groups excluding tert-OH is 1. The number of hydrogen-bond donors (Lipinski definition) is 2. The molecule has 1 aromatic heterocycles. The molecule has 234 valence electrons. The summed E-state index contributed by atoms with van der Waals surface area (Å²) in [5.41, 5.74) is 6.95. The lowest BCUT2D eigenvalue weighted by molar-refractivity contribution is -0.252. The standard InChI is InChI=1S/C37H41N3O5/c1-3-22-43-37(42)39-24-31-8-4-5-10-34(31)28-15-17-30(18-16-28)36-44-33(25-40(2)21-19-32-9-6-7-20-38-32)23-35(45-36)29-13-11-27(26-41)12-14-29/h3-18,20,33,35-36,41H,1,19,21-26H2,2H3,(H,39,42)/t33-,35+,36+/m0/s1. The number of rotatable bonds is 13. The summed E-state index contributed by atoms with van der Waals surface area (Å²) in [4.78, 5) is 18.7. The lowest BCUT2D eigenvalue weighted by Crippen LogP contribution is -2.38. The molecule has 0 unspecified atom stereocenters.